The lowest BCUT2D eigenvalue weighted by Gasteiger charge is -2.09. The average molecular weight is 192 g/mol. The smallest absolute Gasteiger partial charge is 0.236 e. The molecule has 0 heterocycles. The summed E-state index contributed by atoms with van der Waals surface area (Å²) in [5.41, 5.74) is 6.88. The van der Waals surface area contributed by atoms with Crippen molar-refractivity contribution < 1.29 is 4.79 Å². The lowest BCUT2D eigenvalue weighted by Crippen LogP contribution is -2.38. The fraction of sp³-hybridized carbons (Fsp3) is 0.364. The van der Waals surface area contributed by atoms with E-state index in [0.29, 0.717) is 6.42 Å². The van der Waals surface area contributed by atoms with Gasteiger partial charge in [-0.05, 0) is 18.4 Å². The Labute approximate surface area is 84.3 Å². The molecule has 1 aromatic rings. The van der Waals surface area contributed by atoms with Crippen molar-refractivity contribution in [1.29, 1.82) is 0 Å². The Balaban J connectivity index is 2.38. The maximum Gasteiger partial charge on any atom is 0.236 e. The lowest BCUT2D eigenvalue weighted by molar-refractivity contribution is -0.121. The first-order valence-corrected chi connectivity index (χ1v) is 4.75. The van der Waals surface area contributed by atoms with Crippen LogP contribution in [0.2, 0.25) is 0 Å². The van der Waals surface area contributed by atoms with Gasteiger partial charge in [-0.3, -0.25) is 4.79 Å². The van der Waals surface area contributed by atoms with Crippen molar-refractivity contribution >= 4 is 5.91 Å². The third-order valence-corrected chi connectivity index (χ3v) is 2.17. The van der Waals surface area contributed by atoms with Crippen LogP contribution in [0.3, 0.4) is 0 Å². The summed E-state index contributed by atoms with van der Waals surface area (Å²) < 4.78 is 0. The molecule has 1 rings (SSSR count). The van der Waals surface area contributed by atoms with Crippen molar-refractivity contribution in [2.75, 3.05) is 7.05 Å². The minimum atomic E-state index is -0.403. The molecule has 0 bridgehead atoms. The van der Waals surface area contributed by atoms with Gasteiger partial charge in [-0.25, -0.2) is 0 Å². The molecule has 0 fully saturated rings. The Morgan fingerprint density at radius 1 is 1.43 bits per heavy atom. The molecule has 14 heavy (non-hydrogen) atoms. The zero-order chi connectivity index (χ0) is 10.4. The summed E-state index contributed by atoms with van der Waals surface area (Å²) in [7, 11) is 1.60. The van der Waals surface area contributed by atoms with E-state index in [1.807, 2.05) is 30.3 Å². The van der Waals surface area contributed by atoms with Crippen molar-refractivity contribution in [3.05, 3.63) is 35.9 Å². The number of nitrogens with two attached hydrogens (primary N) is 1. The maximum atomic E-state index is 11.1. The van der Waals surface area contributed by atoms with Crippen molar-refractivity contribution in [3.8, 4) is 0 Å². The number of hydrogen-bond acceptors (Lipinski definition) is 2. The molecule has 0 spiro atoms. The number of carbonyl (C=O) groups is 1. The van der Waals surface area contributed by atoms with Crippen LogP contribution in [0.5, 0.6) is 0 Å². The molecule has 0 saturated heterocycles. The minimum absolute atomic E-state index is 0.0964. The van der Waals surface area contributed by atoms with Gasteiger partial charge in [-0.2, -0.15) is 0 Å². The van der Waals surface area contributed by atoms with Crippen molar-refractivity contribution in [1.82, 2.24) is 5.32 Å². The van der Waals surface area contributed by atoms with Crippen LogP contribution >= 0.6 is 0 Å². The second kappa shape index (κ2) is 5.40. The number of amides is 1. The zero-order valence-corrected chi connectivity index (χ0v) is 8.36. The molecular formula is C11H16N2O. The van der Waals surface area contributed by atoms with Gasteiger partial charge in [0.05, 0.1) is 6.04 Å². The Morgan fingerprint density at radius 3 is 2.64 bits per heavy atom. The molecule has 3 nitrogen and oxygen atoms in total. The number of aryl methyl sites for hydroxylation is 1. The van der Waals surface area contributed by atoms with Crippen LogP contribution in [0.25, 0.3) is 0 Å². The topological polar surface area (TPSA) is 55.1 Å². The van der Waals surface area contributed by atoms with E-state index in [1.165, 1.54) is 5.56 Å². The lowest BCUT2D eigenvalue weighted by atomic mass is 10.1. The maximum absolute atomic E-state index is 11.1. The number of likely N-dealkylation sites (N-methyl/N-ethyl adjacent to an activating group) is 1. The van der Waals surface area contributed by atoms with Crippen LogP contribution in [-0.2, 0) is 11.2 Å². The van der Waals surface area contributed by atoms with E-state index in [4.69, 9.17) is 5.73 Å². The number of benzene rings is 1. The predicted octanol–water partition coefficient (Wildman–Crippen LogP) is 0.692. The summed E-state index contributed by atoms with van der Waals surface area (Å²) in [4.78, 5) is 11.1. The van der Waals surface area contributed by atoms with E-state index in [2.05, 4.69) is 5.32 Å². The van der Waals surface area contributed by atoms with Gasteiger partial charge < -0.3 is 11.1 Å². The largest absolute Gasteiger partial charge is 0.358 e. The third-order valence-electron chi connectivity index (χ3n) is 2.17. The van der Waals surface area contributed by atoms with Gasteiger partial charge >= 0.3 is 0 Å². The highest BCUT2D eigenvalue weighted by Crippen LogP contribution is 2.03. The fourth-order valence-corrected chi connectivity index (χ4v) is 1.28. The predicted molar refractivity (Wildman–Crippen MR) is 56.8 cm³/mol. The van der Waals surface area contributed by atoms with Gasteiger partial charge in [0.1, 0.15) is 0 Å². The van der Waals surface area contributed by atoms with Gasteiger partial charge in [0.15, 0.2) is 0 Å². The summed E-state index contributed by atoms with van der Waals surface area (Å²) in [5, 5.41) is 2.54. The molecule has 0 aliphatic carbocycles. The highest BCUT2D eigenvalue weighted by atomic mass is 16.2. The molecule has 0 aliphatic rings. The highest BCUT2D eigenvalue weighted by molar-refractivity contribution is 5.81. The molecule has 1 aromatic carbocycles. The SMILES string of the molecule is CNC(=O)[C@H](N)CCc1ccccc1. The standard InChI is InChI=1S/C11H16N2O/c1-13-11(14)10(12)8-7-9-5-3-2-4-6-9/h2-6,10H,7-8,12H2,1H3,(H,13,14)/t10-/m1/s1. The fourth-order valence-electron chi connectivity index (χ4n) is 1.28. The summed E-state index contributed by atoms with van der Waals surface area (Å²) in [6.07, 6.45) is 1.53. The third kappa shape index (κ3) is 3.18. The van der Waals surface area contributed by atoms with Gasteiger partial charge in [0.2, 0.25) is 5.91 Å². The number of nitrogens with one attached hydrogen (secondary N) is 1. The zero-order valence-electron chi connectivity index (χ0n) is 8.36. The van der Waals surface area contributed by atoms with Gasteiger partial charge in [0, 0.05) is 7.05 Å². The van der Waals surface area contributed by atoms with E-state index >= 15 is 0 Å². The van der Waals surface area contributed by atoms with E-state index < -0.39 is 6.04 Å². The molecule has 0 radical (unpaired) electrons. The monoisotopic (exact) mass is 192 g/mol. The van der Waals surface area contributed by atoms with E-state index in [9.17, 15) is 4.79 Å². The minimum Gasteiger partial charge on any atom is -0.358 e. The Morgan fingerprint density at radius 2 is 2.07 bits per heavy atom. The molecular weight excluding hydrogens is 176 g/mol. The second-order valence-electron chi connectivity index (χ2n) is 3.25. The molecule has 3 N–H and O–H groups in total. The first kappa shape index (κ1) is 10.7. The first-order valence-electron chi connectivity index (χ1n) is 4.75. The molecule has 0 aromatic heterocycles. The van der Waals surface area contributed by atoms with E-state index in [1.54, 1.807) is 7.05 Å². The molecule has 0 aliphatic heterocycles. The van der Waals surface area contributed by atoms with Crippen LogP contribution in [0.15, 0.2) is 30.3 Å². The van der Waals surface area contributed by atoms with Gasteiger partial charge in [-0.1, -0.05) is 30.3 Å². The van der Waals surface area contributed by atoms with Crippen LogP contribution in [0, 0.1) is 0 Å². The molecule has 76 valence electrons. The highest BCUT2D eigenvalue weighted by Gasteiger charge is 2.10. The van der Waals surface area contributed by atoms with E-state index in [0.717, 1.165) is 6.42 Å². The molecule has 0 saturated carbocycles. The summed E-state index contributed by atoms with van der Waals surface area (Å²) in [6.45, 7) is 0. The summed E-state index contributed by atoms with van der Waals surface area (Å²) in [5.74, 6) is -0.0964. The van der Waals surface area contributed by atoms with Crippen LogP contribution in [0.1, 0.15) is 12.0 Å². The van der Waals surface area contributed by atoms with Crippen molar-refractivity contribution in [3.63, 3.8) is 0 Å². The number of rotatable bonds is 4. The first-order chi connectivity index (χ1) is 6.74. The van der Waals surface area contributed by atoms with Crippen LogP contribution in [0.4, 0.5) is 0 Å². The Kier molecular flexibility index (Phi) is 4.13. The van der Waals surface area contributed by atoms with Crippen molar-refractivity contribution in [2.24, 2.45) is 5.73 Å². The molecule has 0 unspecified atom stereocenters. The summed E-state index contributed by atoms with van der Waals surface area (Å²) >= 11 is 0. The van der Waals surface area contributed by atoms with Gasteiger partial charge in [-0.15, -0.1) is 0 Å². The molecule has 1 amide bonds. The second-order valence-corrected chi connectivity index (χ2v) is 3.25. The van der Waals surface area contributed by atoms with E-state index in [-0.39, 0.29) is 5.91 Å². The Hall–Kier alpha value is -1.35. The van der Waals surface area contributed by atoms with Crippen LogP contribution < -0.4 is 11.1 Å². The summed E-state index contributed by atoms with van der Waals surface area (Å²) in [6, 6.07) is 9.62. The number of carbonyl (C=O) groups excluding carboxylic acids is 1. The van der Waals surface area contributed by atoms with Crippen LogP contribution in [-0.4, -0.2) is 19.0 Å². The Bertz CT molecular complexity index is 285. The normalized spacial score (nSPS) is 12.1. The van der Waals surface area contributed by atoms with Crippen molar-refractivity contribution in [2.45, 2.75) is 18.9 Å². The quantitative estimate of drug-likeness (QED) is 0.737. The number of hydrogen-bond donors (Lipinski definition) is 2. The average Bonchev–Trinajstić information content (AvgIpc) is 2.26. The molecule has 3 heteroatoms. The molecule has 1 atom stereocenters. The van der Waals surface area contributed by atoms with Gasteiger partial charge in [0.25, 0.3) is 0 Å².